The maximum Gasteiger partial charge on any atom is 0.147 e. The molecule has 0 saturated carbocycles. The van der Waals surface area contributed by atoms with Gasteiger partial charge in [0.25, 0.3) is 0 Å². The van der Waals surface area contributed by atoms with E-state index in [4.69, 9.17) is 4.74 Å². The highest BCUT2D eigenvalue weighted by atomic mass is 32.2. The molecule has 1 fully saturated rings. The Morgan fingerprint density at radius 3 is 2.81 bits per heavy atom. The van der Waals surface area contributed by atoms with Crippen LogP contribution >= 0.6 is 0 Å². The molecule has 0 amide bonds. The Hall–Kier alpha value is -0.130. The van der Waals surface area contributed by atoms with E-state index in [1.54, 1.807) is 0 Å². The van der Waals surface area contributed by atoms with Crippen LogP contribution in [0, 0.1) is 5.92 Å². The van der Waals surface area contributed by atoms with Gasteiger partial charge in [-0.1, -0.05) is 6.92 Å². The van der Waals surface area contributed by atoms with Crippen molar-refractivity contribution in [2.45, 2.75) is 32.3 Å². The van der Waals surface area contributed by atoms with E-state index >= 15 is 0 Å². The summed E-state index contributed by atoms with van der Waals surface area (Å²) in [5.74, 6) is 0.876. The minimum absolute atomic E-state index is 0.276. The molecular weight excluding hydrogens is 226 g/mol. The lowest BCUT2D eigenvalue weighted by Crippen LogP contribution is -2.29. The first-order valence-electron chi connectivity index (χ1n) is 6.03. The zero-order valence-corrected chi connectivity index (χ0v) is 11.1. The van der Waals surface area contributed by atoms with E-state index in [2.05, 4.69) is 12.2 Å². The Labute approximate surface area is 98.7 Å². The van der Waals surface area contributed by atoms with E-state index in [1.165, 1.54) is 6.26 Å². The Balaban J connectivity index is 2.07. The molecule has 1 aliphatic rings. The summed E-state index contributed by atoms with van der Waals surface area (Å²) in [6, 6.07) is 0. The van der Waals surface area contributed by atoms with Crippen LogP contribution in [0.2, 0.25) is 0 Å². The quantitative estimate of drug-likeness (QED) is 0.679. The van der Waals surface area contributed by atoms with Crippen molar-refractivity contribution in [2.24, 2.45) is 5.92 Å². The molecule has 16 heavy (non-hydrogen) atoms. The number of hydrogen-bond donors (Lipinski definition) is 1. The van der Waals surface area contributed by atoms with E-state index in [-0.39, 0.29) is 5.75 Å². The maximum absolute atomic E-state index is 10.9. The van der Waals surface area contributed by atoms with Crippen LogP contribution in [0.15, 0.2) is 0 Å². The summed E-state index contributed by atoms with van der Waals surface area (Å²) in [7, 11) is -2.80. The normalized spacial score (nSPS) is 26.1. The second-order valence-corrected chi connectivity index (χ2v) is 6.81. The fourth-order valence-electron chi connectivity index (χ4n) is 2.12. The van der Waals surface area contributed by atoms with Gasteiger partial charge in [-0.05, 0) is 31.7 Å². The zero-order chi connectivity index (χ0) is 12.0. The molecule has 2 unspecified atom stereocenters. The highest BCUT2D eigenvalue weighted by Gasteiger charge is 2.25. The van der Waals surface area contributed by atoms with Crippen LogP contribution in [0.25, 0.3) is 0 Å². The summed E-state index contributed by atoms with van der Waals surface area (Å²) < 4.78 is 27.4. The molecule has 0 aliphatic carbocycles. The van der Waals surface area contributed by atoms with E-state index in [1.807, 2.05) is 0 Å². The predicted octanol–water partition coefficient (Wildman–Crippen LogP) is 0.826. The molecule has 96 valence electrons. The molecular formula is C11H23NO3S. The largest absolute Gasteiger partial charge is 0.378 e. The first kappa shape index (κ1) is 13.9. The van der Waals surface area contributed by atoms with Gasteiger partial charge in [0.15, 0.2) is 0 Å². The second kappa shape index (κ2) is 6.57. The van der Waals surface area contributed by atoms with E-state index in [0.29, 0.717) is 18.4 Å². The van der Waals surface area contributed by atoms with Gasteiger partial charge in [-0.25, -0.2) is 8.42 Å². The lowest BCUT2D eigenvalue weighted by atomic mass is 10.00. The molecule has 0 aromatic carbocycles. The van der Waals surface area contributed by atoms with Gasteiger partial charge in [0.05, 0.1) is 11.9 Å². The van der Waals surface area contributed by atoms with Gasteiger partial charge in [0, 0.05) is 19.4 Å². The number of ether oxygens (including phenoxy) is 1. The fraction of sp³-hybridized carbons (Fsp3) is 1.00. The molecule has 1 heterocycles. The molecule has 1 aliphatic heterocycles. The summed E-state index contributed by atoms with van der Waals surface area (Å²) in [4.78, 5) is 0. The Kier molecular flexibility index (Phi) is 5.72. The van der Waals surface area contributed by atoms with Crippen molar-refractivity contribution in [1.29, 1.82) is 0 Å². The summed E-state index contributed by atoms with van der Waals surface area (Å²) in [5, 5.41) is 3.32. The van der Waals surface area contributed by atoms with Gasteiger partial charge in [-0.15, -0.1) is 0 Å². The minimum Gasteiger partial charge on any atom is -0.378 e. The predicted molar refractivity (Wildman–Crippen MR) is 65.3 cm³/mol. The van der Waals surface area contributed by atoms with Crippen LogP contribution in [0.4, 0.5) is 0 Å². The second-order valence-electron chi connectivity index (χ2n) is 4.55. The van der Waals surface area contributed by atoms with E-state index in [9.17, 15) is 8.42 Å². The maximum atomic E-state index is 10.9. The van der Waals surface area contributed by atoms with Gasteiger partial charge in [0.1, 0.15) is 9.84 Å². The van der Waals surface area contributed by atoms with Crippen molar-refractivity contribution in [3.05, 3.63) is 0 Å². The van der Waals surface area contributed by atoms with E-state index < -0.39 is 9.84 Å². The average molecular weight is 249 g/mol. The molecule has 0 radical (unpaired) electrons. The van der Waals surface area contributed by atoms with Crippen LogP contribution < -0.4 is 5.32 Å². The van der Waals surface area contributed by atoms with Gasteiger partial charge in [0.2, 0.25) is 0 Å². The fourth-order valence-corrected chi connectivity index (χ4v) is 2.79. The van der Waals surface area contributed by atoms with Crippen molar-refractivity contribution in [3.63, 3.8) is 0 Å². The van der Waals surface area contributed by atoms with Crippen LogP contribution in [0.1, 0.15) is 26.2 Å². The Bertz CT molecular complexity index is 290. The standard InChI is InChI=1S/C11H23NO3S/c1-3-11-10(5-7-15-11)9-12-6-4-8-16(2,13)14/h10-12H,3-9H2,1-2H3. The van der Waals surface area contributed by atoms with Gasteiger partial charge in [-0.2, -0.15) is 0 Å². The topological polar surface area (TPSA) is 55.4 Å². The van der Waals surface area contributed by atoms with Gasteiger partial charge in [-0.3, -0.25) is 0 Å². The molecule has 0 bridgehead atoms. The molecule has 0 spiro atoms. The SMILES string of the molecule is CCC1OCCC1CNCCCS(C)(=O)=O. The van der Waals surface area contributed by atoms with Crippen LogP contribution in [0.3, 0.4) is 0 Å². The summed E-state index contributed by atoms with van der Waals surface area (Å²) in [5.41, 5.74) is 0. The van der Waals surface area contributed by atoms with E-state index in [0.717, 1.165) is 32.5 Å². The first-order chi connectivity index (χ1) is 7.53. The molecule has 2 atom stereocenters. The van der Waals surface area contributed by atoms with Crippen molar-refractivity contribution in [3.8, 4) is 0 Å². The molecule has 0 aromatic heterocycles. The van der Waals surface area contributed by atoms with Gasteiger partial charge >= 0.3 is 0 Å². The van der Waals surface area contributed by atoms with Crippen molar-refractivity contribution >= 4 is 9.84 Å². The number of rotatable bonds is 7. The lowest BCUT2D eigenvalue weighted by Gasteiger charge is -2.17. The highest BCUT2D eigenvalue weighted by Crippen LogP contribution is 2.22. The smallest absolute Gasteiger partial charge is 0.147 e. The van der Waals surface area contributed by atoms with Crippen molar-refractivity contribution < 1.29 is 13.2 Å². The number of nitrogens with one attached hydrogen (secondary N) is 1. The number of hydrogen-bond acceptors (Lipinski definition) is 4. The third kappa shape index (κ3) is 5.27. The van der Waals surface area contributed by atoms with Crippen LogP contribution in [-0.2, 0) is 14.6 Å². The third-order valence-corrected chi connectivity index (χ3v) is 4.05. The Morgan fingerprint density at radius 1 is 1.44 bits per heavy atom. The molecule has 1 saturated heterocycles. The third-order valence-electron chi connectivity index (χ3n) is 3.02. The zero-order valence-electron chi connectivity index (χ0n) is 10.2. The average Bonchev–Trinajstić information content (AvgIpc) is 2.63. The first-order valence-corrected chi connectivity index (χ1v) is 8.09. The summed E-state index contributed by atoms with van der Waals surface area (Å²) in [6.07, 6.45) is 4.56. The Morgan fingerprint density at radius 2 is 2.19 bits per heavy atom. The minimum atomic E-state index is -2.80. The van der Waals surface area contributed by atoms with Gasteiger partial charge < -0.3 is 10.1 Å². The molecule has 1 N–H and O–H groups in total. The molecule has 0 aromatic rings. The van der Waals surface area contributed by atoms with Crippen molar-refractivity contribution in [2.75, 3.05) is 31.7 Å². The summed E-state index contributed by atoms with van der Waals surface area (Å²) in [6.45, 7) is 4.74. The highest BCUT2D eigenvalue weighted by molar-refractivity contribution is 7.90. The molecule has 1 rings (SSSR count). The number of sulfone groups is 1. The summed E-state index contributed by atoms with van der Waals surface area (Å²) >= 11 is 0. The van der Waals surface area contributed by atoms with Crippen molar-refractivity contribution in [1.82, 2.24) is 5.32 Å². The molecule has 4 nitrogen and oxygen atoms in total. The molecule has 5 heteroatoms. The van der Waals surface area contributed by atoms with Crippen LogP contribution in [0.5, 0.6) is 0 Å². The van der Waals surface area contributed by atoms with Crippen LogP contribution in [-0.4, -0.2) is 46.2 Å². The monoisotopic (exact) mass is 249 g/mol. The lowest BCUT2D eigenvalue weighted by molar-refractivity contribution is 0.0873.